The zero-order valence-corrected chi connectivity index (χ0v) is 46.5. The van der Waals surface area contributed by atoms with Crippen molar-refractivity contribution in [2.24, 2.45) is 11.5 Å². The van der Waals surface area contributed by atoms with Crippen molar-refractivity contribution in [3.8, 4) is 0 Å². The summed E-state index contributed by atoms with van der Waals surface area (Å²) in [6.45, 7) is 12.7. The van der Waals surface area contributed by atoms with Gasteiger partial charge in [-0.3, -0.25) is 43.2 Å². The second kappa shape index (κ2) is 51.3. The smallest absolute Gasteiger partial charge is 0.306 e. The highest BCUT2D eigenvalue weighted by Crippen LogP contribution is 2.09. The van der Waals surface area contributed by atoms with E-state index in [1.807, 2.05) is 0 Å². The van der Waals surface area contributed by atoms with Gasteiger partial charge in [-0.25, -0.2) is 0 Å². The number of nitrogens with two attached hydrogens (primary N) is 2. The van der Waals surface area contributed by atoms with Crippen LogP contribution >= 0.6 is 0 Å². The van der Waals surface area contributed by atoms with Crippen molar-refractivity contribution in [2.45, 2.75) is 103 Å². The van der Waals surface area contributed by atoms with Gasteiger partial charge in [0.05, 0.1) is 112 Å². The van der Waals surface area contributed by atoms with Gasteiger partial charge in [-0.05, 0) is 40.0 Å². The summed E-state index contributed by atoms with van der Waals surface area (Å²) in [7, 11) is 0. The van der Waals surface area contributed by atoms with E-state index in [9.17, 15) is 43.2 Å². The molecule has 1 atom stereocenters. The fourth-order valence-corrected chi connectivity index (χ4v) is 6.19. The number of hydrogen-bond acceptors (Lipinski definition) is 20. The van der Waals surface area contributed by atoms with E-state index in [4.69, 9.17) is 54.1 Å². The minimum Gasteiger partial charge on any atom is -0.460 e. The highest BCUT2D eigenvalue weighted by Gasteiger charge is 2.21. The summed E-state index contributed by atoms with van der Waals surface area (Å²) in [6, 6.07) is -0.921. The molecule has 0 aliphatic heterocycles. The molecule has 8 amide bonds. The van der Waals surface area contributed by atoms with Gasteiger partial charge in [-0.1, -0.05) is 0 Å². The lowest BCUT2D eigenvalue weighted by Gasteiger charge is -2.19. The number of nitrogens with one attached hydrogen (secondary N) is 8. The number of carbonyl (C=O) groups is 9. The average Bonchev–Trinajstić information content (AvgIpc) is 3.39. The molecule has 1 unspecified atom stereocenters. The van der Waals surface area contributed by atoms with Crippen LogP contribution in [0.3, 0.4) is 0 Å². The zero-order valence-electron chi connectivity index (χ0n) is 46.5. The monoisotopic (exact) mass is 1120 g/mol. The lowest BCUT2D eigenvalue weighted by Crippen LogP contribution is -2.47. The Balaban J connectivity index is 4.34. The van der Waals surface area contributed by atoms with Gasteiger partial charge in [-0.15, -0.1) is 0 Å². The van der Waals surface area contributed by atoms with Gasteiger partial charge in [0.15, 0.2) is 0 Å². The standard InChI is InChI=1S/C50H94N10O18/c1-50(2,3)78-48(68)14-13-46(66)58-22-30-76-37-36-74-28-19-55-43(63)9-10-44(64)56-20-29-75-38-39-77-31-23-59-49(69)40(60-47(67)12-11-45(65)57-21-27-73-35-33-71-25-16-52)6-4-5-17-53-41(61)7-8-42(62)54-18-26-72-34-32-70-24-15-51/h40H,4-39,51-52H2,1-3H3,(H,53,61)(H,54,62)(H,55,63)(H,56,64)(H,57,65)(H,58,66)(H,59,69)(H,60,67). The first kappa shape index (κ1) is 72.8. The van der Waals surface area contributed by atoms with Crippen LogP contribution in [0, 0.1) is 0 Å². The SMILES string of the molecule is CC(C)(C)OC(=O)CCC(=O)NCCOCCOCCNC(=O)CCC(=O)NCCOCCOCCNC(=O)C(CCCCNC(=O)CCC(=O)NCCOCCOCCN)NC(=O)CCC(=O)NCCOCCOCCN. The molecule has 0 heterocycles. The number of esters is 1. The van der Waals surface area contributed by atoms with Crippen LogP contribution in [0.25, 0.3) is 0 Å². The molecule has 0 saturated heterocycles. The number of amides is 8. The Kier molecular flexibility index (Phi) is 47.9. The third-order valence-corrected chi connectivity index (χ3v) is 10.0. The van der Waals surface area contributed by atoms with E-state index in [1.54, 1.807) is 20.8 Å². The summed E-state index contributed by atoms with van der Waals surface area (Å²) in [4.78, 5) is 111. The highest BCUT2D eigenvalue weighted by molar-refractivity contribution is 5.89. The summed E-state index contributed by atoms with van der Waals surface area (Å²) in [5.41, 5.74) is 10.1. The van der Waals surface area contributed by atoms with E-state index in [1.165, 1.54) is 0 Å². The zero-order chi connectivity index (χ0) is 57.8. The molecule has 78 heavy (non-hydrogen) atoms. The summed E-state index contributed by atoms with van der Waals surface area (Å²) in [5, 5.41) is 21.6. The fraction of sp³-hybridized carbons (Fsp3) is 0.820. The Morgan fingerprint density at radius 3 is 0.949 bits per heavy atom. The minimum absolute atomic E-state index is 0.00156. The topological polar surface area (TPSA) is 385 Å². The van der Waals surface area contributed by atoms with Gasteiger partial charge in [-0.2, -0.15) is 0 Å². The molecule has 0 spiro atoms. The molecule has 0 aliphatic rings. The van der Waals surface area contributed by atoms with Crippen LogP contribution < -0.4 is 54.0 Å². The number of hydrogen-bond donors (Lipinski definition) is 10. The molecule has 12 N–H and O–H groups in total. The van der Waals surface area contributed by atoms with E-state index < -0.39 is 29.4 Å². The van der Waals surface area contributed by atoms with Crippen molar-refractivity contribution in [2.75, 3.05) is 165 Å². The second-order valence-electron chi connectivity index (χ2n) is 18.1. The number of ether oxygens (including phenoxy) is 9. The maximum absolute atomic E-state index is 13.2. The van der Waals surface area contributed by atoms with Gasteiger partial charge in [0.25, 0.3) is 0 Å². The average molecular weight is 1120 g/mol. The molecule has 0 saturated carbocycles. The molecule has 0 radical (unpaired) electrons. The van der Waals surface area contributed by atoms with Crippen molar-refractivity contribution in [3.63, 3.8) is 0 Å². The Labute approximate surface area is 459 Å². The Morgan fingerprint density at radius 2 is 0.628 bits per heavy atom. The maximum Gasteiger partial charge on any atom is 0.306 e. The molecule has 28 nitrogen and oxygen atoms in total. The van der Waals surface area contributed by atoms with Crippen LogP contribution in [0.4, 0.5) is 0 Å². The predicted octanol–water partition coefficient (Wildman–Crippen LogP) is -3.03. The Morgan fingerprint density at radius 1 is 0.346 bits per heavy atom. The number of rotatable bonds is 53. The summed E-state index contributed by atoms with van der Waals surface area (Å²) in [5.74, 6) is -3.20. The van der Waals surface area contributed by atoms with Gasteiger partial charge in [0.2, 0.25) is 47.3 Å². The molecule has 0 bridgehead atoms. The summed E-state index contributed by atoms with van der Waals surface area (Å²) >= 11 is 0. The van der Waals surface area contributed by atoms with E-state index in [0.717, 1.165) is 0 Å². The maximum atomic E-state index is 13.2. The normalized spacial score (nSPS) is 11.5. The summed E-state index contributed by atoms with van der Waals surface area (Å²) < 4.78 is 48.2. The first-order chi connectivity index (χ1) is 37.6. The van der Waals surface area contributed by atoms with Gasteiger partial charge >= 0.3 is 5.97 Å². The number of unbranched alkanes of at least 4 members (excludes halogenated alkanes) is 1. The lowest BCUT2D eigenvalue weighted by atomic mass is 10.1. The minimum atomic E-state index is -0.921. The van der Waals surface area contributed by atoms with Crippen LogP contribution in [-0.4, -0.2) is 229 Å². The molecule has 452 valence electrons. The highest BCUT2D eigenvalue weighted by atomic mass is 16.6. The van der Waals surface area contributed by atoms with Gasteiger partial charge in [0, 0.05) is 104 Å². The molecule has 28 heteroatoms. The molecule has 0 rings (SSSR count). The predicted molar refractivity (Wildman–Crippen MR) is 284 cm³/mol. The Hall–Kier alpha value is -5.17. The summed E-state index contributed by atoms with van der Waals surface area (Å²) in [6.07, 6.45) is 0.969. The molecular weight excluding hydrogens is 1030 g/mol. The van der Waals surface area contributed by atoms with Gasteiger partial charge < -0.3 is 96.6 Å². The largest absolute Gasteiger partial charge is 0.460 e. The van der Waals surface area contributed by atoms with Crippen LogP contribution in [0.1, 0.15) is 91.4 Å². The van der Waals surface area contributed by atoms with Crippen molar-refractivity contribution >= 4 is 53.2 Å². The second-order valence-corrected chi connectivity index (χ2v) is 18.1. The van der Waals surface area contributed by atoms with Crippen LogP contribution in [0.2, 0.25) is 0 Å². The van der Waals surface area contributed by atoms with Gasteiger partial charge in [0.1, 0.15) is 11.6 Å². The first-order valence-electron chi connectivity index (χ1n) is 27.0. The third kappa shape index (κ3) is 51.6. The Bertz CT molecular complexity index is 1650. The first-order valence-corrected chi connectivity index (χ1v) is 27.0. The van der Waals surface area contributed by atoms with Crippen molar-refractivity contribution < 1.29 is 85.8 Å². The van der Waals surface area contributed by atoms with Crippen molar-refractivity contribution in [1.82, 2.24) is 42.5 Å². The molecule has 0 fully saturated rings. The van der Waals surface area contributed by atoms with E-state index in [0.29, 0.717) is 85.3 Å². The van der Waals surface area contributed by atoms with Crippen LogP contribution in [-0.2, 0) is 85.8 Å². The molecular formula is C50H94N10O18. The lowest BCUT2D eigenvalue weighted by molar-refractivity contribution is -0.155. The molecule has 0 aliphatic carbocycles. The molecule has 0 aromatic carbocycles. The third-order valence-electron chi connectivity index (χ3n) is 10.0. The quantitative estimate of drug-likeness (QED) is 0.0214. The number of carbonyl (C=O) groups excluding carboxylic acids is 9. The fourth-order valence-electron chi connectivity index (χ4n) is 6.19. The molecule has 0 aromatic heterocycles. The van der Waals surface area contributed by atoms with Crippen molar-refractivity contribution in [1.29, 1.82) is 0 Å². The van der Waals surface area contributed by atoms with Crippen LogP contribution in [0.5, 0.6) is 0 Å². The van der Waals surface area contributed by atoms with E-state index in [-0.39, 0.29) is 185 Å². The van der Waals surface area contributed by atoms with E-state index >= 15 is 0 Å². The molecule has 0 aromatic rings. The van der Waals surface area contributed by atoms with Crippen molar-refractivity contribution in [3.05, 3.63) is 0 Å². The van der Waals surface area contributed by atoms with Crippen LogP contribution in [0.15, 0.2) is 0 Å². The van der Waals surface area contributed by atoms with E-state index in [2.05, 4.69) is 42.5 Å².